The minimum Gasteiger partial charge on any atom is -0.322 e. The molecule has 0 saturated heterocycles. The topological polar surface area (TPSA) is 94.9 Å². The first kappa shape index (κ1) is 17.8. The fraction of sp³-hybridized carbons (Fsp3) is 0.0476. The Morgan fingerprint density at radius 1 is 0.926 bits per heavy atom. The maximum absolute atomic E-state index is 12.4. The molecule has 3 rings (SSSR count). The van der Waals surface area contributed by atoms with Gasteiger partial charge in [-0.3, -0.25) is 14.6 Å². The second kappa shape index (κ2) is 7.93. The summed E-state index contributed by atoms with van der Waals surface area (Å²) in [7, 11) is 0. The van der Waals surface area contributed by atoms with E-state index in [1.807, 2.05) is 31.2 Å². The number of hydrogen-bond donors (Lipinski definition) is 2. The van der Waals surface area contributed by atoms with Crippen LogP contribution in [0.2, 0.25) is 0 Å². The molecule has 0 bridgehead atoms. The number of nitrogens with zero attached hydrogens (tertiary/aromatic N) is 2. The molecule has 6 heteroatoms. The number of carbonyl (C=O) groups excluding carboxylic acids is 2. The largest absolute Gasteiger partial charge is 0.322 e. The summed E-state index contributed by atoms with van der Waals surface area (Å²) in [6.45, 7) is 1.94. The zero-order chi connectivity index (χ0) is 19.2. The van der Waals surface area contributed by atoms with Crippen LogP contribution in [-0.4, -0.2) is 16.8 Å². The number of aryl methyl sites for hydroxylation is 1. The lowest BCUT2D eigenvalue weighted by Crippen LogP contribution is -2.17. The Labute approximate surface area is 156 Å². The second-order valence-corrected chi connectivity index (χ2v) is 5.90. The highest BCUT2D eigenvalue weighted by molar-refractivity contribution is 6.07. The van der Waals surface area contributed by atoms with Gasteiger partial charge in [0.15, 0.2) is 0 Å². The molecule has 6 nitrogen and oxygen atoms in total. The molecule has 132 valence electrons. The van der Waals surface area contributed by atoms with Crippen LogP contribution >= 0.6 is 0 Å². The first-order chi connectivity index (χ1) is 13.0. The van der Waals surface area contributed by atoms with Crippen LogP contribution in [0.3, 0.4) is 0 Å². The second-order valence-electron chi connectivity index (χ2n) is 5.90. The van der Waals surface area contributed by atoms with Crippen LogP contribution in [0.15, 0.2) is 66.9 Å². The average molecular weight is 356 g/mol. The standard InChI is InChI=1S/C21H16N4O2/c1-14-3-2-4-18(11-14)25-20(26)16-9-10-23-19(12-16)21(27)24-17-7-5-15(13-22)6-8-17/h2-12H,1H3,(H,24,27)(H,25,26). The van der Waals surface area contributed by atoms with E-state index in [-0.39, 0.29) is 11.6 Å². The van der Waals surface area contributed by atoms with E-state index in [4.69, 9.17) is 5.26 Å². The summed E-state index contributed by atoms with van der Waals surface area (Å²) in [6, 6.07) is 18.9. The van der Waals surface area contributed by atoms with Gasteiger partial charge in [-0.2, -0.15) is 5.26 Å². The molecule has 0 unspecified atom stereocenters. The first-order valence-corrected chi connectivity index (χ1v) is 8.21. The Kier molecular flexibility index (Phi) is 5.24. The zero-order valence-corrected chi connectivity index (χ0v) is 14.6. The maximum Gasteiger partial charge on any atom is 0.274 e. The molecular weight excluding hydrogens is 340 g/mol. The number of rotatable bonds is 4. The van der Waals surface area contributed by atoms with Gasteiger partial charge < -0.3 is 10.6 Å². The summed E-state index contributed by atoms with van der Waals surface area (Å²) in [4.78, 5) is 28.8. The van der Waals surface area contributed by atoms with Gasteiger partial charge in [-0.15, -0.1) is 0 Å². The van der Waals surface area contributed by atoms with E-state index >= 15 is 0 Å². The molecule has 3 aromatic rings. The van der Waals surface area contributed by atoms with Crippen LogP contribution in [0.1, 0.15) is 32.0 Å². The van der Waals surface area contributed by atoms with Crippen molar-refractivity contribution in [2.24, 2.45) is 0 Å². The van der Waals surface area contributed by atoms with Crippen LogP contribution < -0.4 is 10.6 Å². The van der Waals surface area contributed by atoms with Crippen molar-refractivity contribution in [1.82, 2.24) is 4.98 Å². The third-order valence-electron chi connectivity index (χ3n) is 3.80. The molecule has 0 aliphatic heterocycles. The highest BCUT2D eigenvalue weighted by Crippen LogP contribution is 2.13. The number of carbonyl (C=O) groups is 2. The van der Waals surface area contributed by atoms with Gasteiger partial charge in [0, 0.05) is 23.1 Å². The van der Waals surface area contributed by atoms with Crippen LogP contribution in [0.25, 0.3) is 0 Å². The number of amides is 2. The van der Waals surface area contributed by atoms with E-state index in [2.05, 4.69) is 15.6 Å². The lowest BCUT2D eigenvalue weighted by Gasteiger charge is -2.08. The van der Waals surface area contributed by atoms with Crippen molar-refractivity contribution in [3.8, 4) is 6.07 Å². The molecule has 0 aliphatic carbocycles. The van der Waals surface area contributed by atoms with Crippen LogP contribution in [-0.2, 0) is 0 Å². The molecule has 1 aromatic heterocycles. The zero-order valence-electron chi connectivity index (χ0n) is 14.6. The van der Waals surface area contributed by atoms with E-state index in [1.54, 1.807) is 36.4 Å². The molecule has 0 fully saturated rings. The number of hydrogen-bond acceptors (Lipinski definition) is 4. The molecule has 0 atom stereocenters. The van der Waals surface area contributed by atoms with Crippen molar-refractivity contribution in [2.45, 2.75) is 6.92 Å². The number of anilines is 2. The summed E-state index contributed by atoms with van der Waals surface area (Å²) >= 11 is 0. The van der Waals surface area contributed by atoms with Crippen molar-refractivity contribution < 1.29 is 9.59 Å². The van der Waals surface area contributed by atoms with E-state index in [1.165, 1.54) is 12.3 Å². The van der Waals surface area contributed by atoms with E-state index in [0.29, 0.717) is 22.5 Å². The molecule has 2 aromatic carbocycles. The molecule has 2 amide bonds. The van der Waals surface area contributed by atoms with Gasteiger partial charge in [0.1, 0.15) is 5.69 Å². The Morgan fingerprint density at radius 3 is 2.37 bits per heavy atom. The maximum atomic E-state index is 12.4. The molecule has 0 saturated carbocycles. The molecular formula is C21H16N4O2. The first-order valence-electron chi connectivity index (χ1n) is 8.21. The van der Waals surface area contributed by atoms with Gasteiger partial charge >= 0.3 is 0 Å². The van der Waals surface area contributed by atoms with Gasteiger partial charge in [-0.05, 0) is 61.0 Å². The van der Waals surface area contributed by atoms with Gasteiger partial charge in [-0.1, -0.05) is 12.1 Å². The summed E-state index contributed by atoms with van der Waals surface area (Å²) in [5.41, 5.74) is 3.20. The van der Waals surface area contributed by atoms with Crippen molar-refractivity contribution in [2.75, 3.05) is 10.6 Å². The molecule has 0 spiro atoms. The Balaban J connectivity index is 1.73. The summed E-state index contributed by atoms with van der Waals surface area (Å²) in [5.74, 6) is -0.764. The van der Waals surface area contributed by atoms with Gasteiger partial charge in [0.05, 0.1) is 11.6 Å². The lowest BCUT2D eigenvalue weighted by molar-refractivity contribution is 0.102. The fourth-order valence-electron chi connectivity index (χ4n) is 2.45. The number of nitrogens with one attached hydrogen (secondary N) is 2. The Morgan fingerprint density at radius 2 is 1.67 bits per heavy atom. The van der Waals surface area contributed by atoms with Crippen LogP contribution in [0.4, 0.5) is 11.4 Å². The molecule has 0 aliphatic rings. The minimum absolute atomic E-state index is 0.122. The fourth-order valence-corrected chi connectivity index (χ4v) is 2.45. The quantitative estimate of drug-likeness (QED) is 0.744. The normalized spacial score (nSPS) is 9.93. The van der Waals surface area contributed by atoms with Gasteiger partial charge in [-0.25, -0.2) is 0 Å². The summed E-state index contributed by atoms with van der Waals surface area (Å²) < 4.78 is 0. The van der Waals surface area contributed by atoms with E-state index < -0.39 is 5.91 Å². The SMILES string of the molecule is Cc1cccc(NC(=O)c2ccnc(C(=O)Nc3ccc(C#N)cc3)c2)c1. The van der Waals surface area contributed by atoms with Crippen molar-refractivity contribution in [1.29, 1.82) is 5.26 Å². The predicted molar refractivity (Wildman–Crippen MR) is 102 cm³/mol. The lowest BCUT2D eigenvalue weighted by atomic mass is 10.1. The number of benzene rings is 2. The highest BCUT2D eigenvalue weighted by Gasteiger charge is 2.12. The van der Waals surface area contributed by atoms with Gasteiger partial charge in [0.2, 0.25) is 0 Å². The van der Waals surface area contributed by atoms with Crippen LogP contribution in [0.5, 0.6) is 0 Å². The third kappa shape index (κ3) is 4.55. The molecule has 2 N–H and O–H groups in total. The third-order valence-corrected chi connectivity index (χ3v) is 3.80. The summed E-state index contributed by atoms with van der Waals surface area (Å²) in [6.07, 6.45) is 1.42. The van der Waals surface area contributed by atoms with E-state index in [0.717, 1.165) is 5.56 Å². The highest BCUT2D eigenvalue weighted by atomic mass is 16.2. The Bertz CT molecular complexity index is 1040. The molecule has 1 heterocycles. The predicted octanol–water partition coefficient (Wildman–Crippen LogP) is 3.77. The van der Waals surface area contributed by atoms with Crippen molar-refractivity contribution in [3.05, 3.63) is 89.2 Å². The molecule has 27 heavy (non-hydrogen) atoms. The minimum atomic E-state index is -0.440. The number of aromatic nitrogens is 1. The summed E-state index contributed by atoms with van der Waals surface area (Å²) in [5, 5.41) is 14.3. The van der Waals surface area contributed by atoms with Gasteiger partial charge in [0.25, 0.3) is 11.8 Å². The molecule has 0 radical (unpaired) electrons. The smallest absolute Gasteiger partial charge is 0.274 e. The van der Waals surface area contributed by atoms with E-state index in [9.17, 15) is 9.59 Å². The van der Waals surface area contributed by atoms with Crippen molar-refractivity contribution in [3.63, 3.8) is 0 Å². The number of nitriles is 1. The Hall–Kier alpha value is -3.98. The number of pyridine rings is 1. The monoisotopic (exact) mass is 356 g/mol. The average Bonchev–Trinajstić information content (AvgIpc) is 2.68. The van der Waals surface area contributed by atoms with Crippen molar-refractivity contribution >= 4 is 23.2 Å². The van der Waals surface area contributed by atoms with Crippen LogP contribution in [0, 0.1) is 18.3 Å².